The second kappa shape index (κ2) is 8.99. The molecule has 1 aromatic heterocycles. The largest absolute Gasteiger partial charge is 0.462 e. The molecule has 1 aliphatic heterocycles. The number of hydrogen-bond acceptors (Lipinski definition) is 9. The number of hydrogen-bond donors (Lipinski definition) is 1. The van der Waals surface area contributed by atoms with Crippen LogP contribution in [0, 0.1) is 0 Å². The van der Waals surface area contributed by atoms with Crippen molar-refractivity contribution in [3.63, 3.8) is 0 Å². The van der Waals surface area contributed by atoms with Crippen LogP contribution in [-0.4, -0.2) is 22.5 Å². The van der Waals surface area contributed by atoms with E-state index in [0.29, 0.717) is 24.5 Å². The predicted octanol–water partition coefficient (Wildman–Crippen LogP) is 4.76. The van der Waals surface area contributed by atoms with E-state index in [1.54, 1.807) is 6.92 Å². The molecule has 3 aromatic rings. The van der Waals surface area contributed by atoms with Crippen molar-refractivity contribution in [2.75, 3.05) is 11.9 Å². The Kier molecular flexibility index (Phi) is 5.79. The summed E-state index contributed by atoms with van der Waals surface area (Å²) in [6.07, 6.45) is 2.44. The average molecular weight is 401 g/mol. The van der Waals surface area contributed by atoms with Gasteiger partial charge in [-0.25, -0.2) is 14.8 Å². The van der Waals surface area contributed by atoms with Gasteiger partial charge in [0.15, 0.2) is 0 Å². The molecule has 0 saturated carbocycles. The molecular weight excluding hydrogens is 382 g/mol. The van der Waals surface area contributed by atoms with E-state index in [0.717, 1.165) is 22.3 Å². The summed E-state index contributed by atoms with van der Waals surface area (Å²) in [5.74, 6) is -0.0106. The Morgan fingerprint density at radius 2 is 1.83 bits per heavy atom. The summed E-state index contributed by atoms with van der Waals surface area (Å²) < 4.78 is 5.05. The quantitative estimate of drug-likeness (QED) is 0.573. The highest BCUT2D eigenvalue weighted by Gasteiger charge is 2.17. The fraction of sp³-hybridized carbons (Fsp3) is 0.190. The number of carbonyl (C=O) groups excluding carboxylic acids is 1. The van der Waals surface area contributed by atoms with Crippen LogP contribution in [0.25, 0.3) is 11.1 Å². The van der Waals surface area contributed by atoms with E-state index < -0.39 is 12.1 Å². The first kappa shape index (κ1) is 19.3. The summed E-state index contributed by atoms with van der Waals surface area (Å²) in [7, 11) is 0. The zero-order chi connectivity index (χ0) is 20.8. The second-order valence-electron chi connectivity index (χ2n) is 6.43. The minimum Gasteiger partial charge on any atom is -0.462 e. The normalized spacial score (nSPS) is 12.8. The molecule has 0 amide bonds. The summed E-state index contributed by atoms with van der Waals surface area (Å²) in [4.78, 5) is 20.1. The van der Waals surface area contributed by atoms with Crippen molar-refractivity contribution in [3.05, 3.63) is 77.7 Å². The smallest absolute Gasteiger partial charge is 0.343 e. The molecule has 150 valence electrons. The molecule has 2 heterocycles. The molecule has 0 unspecified atom stereocenters. The van der Waals surface area contributed by atoms with Crippen LogP contribution in [0.1, 0.15) is 34.6 Å². The molecule has 9 heteroatoms. The molecule has 9 nitrogen and oxygen atoms in total. The third-order valence-electron chi connectivity index (χ3n) is 4.53. The van der Waals surface area contributed by atoms with Crippen molar-refractivity contribution < 1.29 is 9.53 Å². The molecular formula is C21H19N7O2. The molecule has 0 radical (unpaired) electrons. The van der Waals surface area contributed by atoms with Gasteiger partial charge in [0.05, 0.1) is 6.61 Å². The lowest BCUT2D eigenvalue weighted by Crippen LogP contribution is -2.11. The topological polar surface area (TPSA) is 114 Å². The number of rotatable bonds is 7. The van der Waals surface area contributed by atoms with Crippen molar-refractivity contribution >= 4 is 11.8 Å². The van der Waals surface area contributed by atoms with E-state index in [1.807, 2.05) is 48.5 Å². The van der Waals surface area contributed by atoms with Crippen LogP contribution in [0.4, 0.5) is 5.82 Å². The molecule has 0 fully saturated rings. The van der Waals surface area contributed by atoms with Gasteiger partial charge in [-0.3, -0.25) is 0 Å². The van der Waals surface area contributed by atoms with Crippen LogP contribution in [0.15, 0.2) is 81.7 Å². The highest BCUT2D eigenvalue weighted by molar-refractivity contribution is 5.94. The first-order chi connectivity index (χ1) is 14.8. The number of aromatic nitrogens is 2. The molecule has 4 rings (SSSR count). The zero-order valence-electron chi connectivity index (χ0n) is 16.3. The maximum Gasteiger partial charge on any atom is 0.343 e. The maximum atomic E-state index is 12.0. The molecule has 1 aliphatic rings. The van der Waals surface area contributed by atoms with Crippen molar-refractivity contribution in [1.29, 1.82) is 0 Å². The highest BCUT2D eigenvalue weighted by Crippen LogP contribution is 2.33. The SMILES string of the molecule is CCOC(=O)c1cncnc1NCc1ccc(-c2ccccc2C2N=NN=N2)cc1. The minimum atomic E-state index is -0.450. The van der Waals surface area contributed by atoms with Gasteiger partial charge in [-0.1, -0.05) is 48.5 Å². The van der Waals surface area contributed by atoms with E-state index in [1.165, 1.54) is 12.5 Å². The van der Waals surface area contributed by atoms with Crippen molar-refractivity contribution in [2.45, 2.75) is 19.6 Å². The molecule has 0 bridgehead atoms. The van der Waals surface area contributed by atoms with Gasteiger partial charge in [0.25, 0.3) is 0 Å². The minimum absolute atomic E-state index is 0.291. The van der Waals surface area contributed by atoms with Crippen molar-refractivity contribution in [3.8, 4) is 11.1 Å². The van der Waals surface area contributed by atoms with Gasteiger partial charge in [0, 0.05) is 18.3 Å². The Hall–Kier alpha value is -4.01. The van der Waals surface area contributed by atoms with Gasteiger partial charge < -0.3 is 10.1 Å². The summed E-state index contributed by atoms with van der Waals surface area (Å²) >= 11 is 0. The number of carbonyl (C=O) groups is 1. The Labute approximate surface area is 172 Å². The fourth-order valence-electron chi connectivity index (χ4n) is 3.09. The first-order valence-electron chi connectivity index (χ1n) is 9.45. The number of anilines is 1. The summed E-state index contributed by atoms with van der Waals surface area (Å²) in [6.45, 7) is 2.54. The lowest BCUT2D eigenvalue weighted by Gasteiger charge is -2.12. The van der Waals surface area contributed by atoms with Gasteiger partial charge in [0.2, 0.25) is 6.17 Å². The predicted molar refractivity (Wildman–Crippen MR) is 110 cm³/mol. The lowest BCUT2D eigenvalue weighted by molar-refractivity contribution is 0.0526. The summed E-state index contributed by atoms with van der Waals surface area (Å²) in [6, 6.07) is 16.0. The third kappa shape index (κ3) is 4.19. The zero-order valence-corrected chi connectivity index (χ0v) is 16.3. The molecule has 0 spiro atoms. The average Bonchev–Trinajstić information content (AvgIpc) is 3.33. The summed E-state index contributed by atoms with van der Waals surface area (Å²) in [5, 5.41) is 18.5. The Morgan fingerprint density at radius 3 is 2.60 bits per heavy atom. The first-order valence-corrected chi connectivity index (χ1v) is 9.45. The van der Waals surface area contributed by atoms with Gasteiger partial charge in [-0.15, -0.1) is 10.2 Å². The Balaban J connectivity index is 1.49. The van der Waals surface area contributed by atoms with E-state index in [-0.39, 0.29) is 0 Å². The van der Waals surface area contributed by atoms with Crippen LogP contribution >= 0.6 is 0 Å². The lowest BCUT2D eigenvalue weighted by atomic mass is 9.97. The fourth-order valence-corrected chi connectivity index (χ4v) is 3.09. The Morgan fingerprint density at radius 1 is 1.07 bits per heavy atom. The Bertz CT molecular complexity index is 1080. The maximum absolute atomic E-state index is 12.0. The van der Waals surface area contributed by atoms with Crippen LogP contribution in [0.3, 0.4) is 0 Å². The van der Waals surface area contributed by atoms with E-state index in [4.69, 9.17) is 4.74 Å². The van der Waals surface area contributed by atoms with Crippen molar-refractivity contribution in [1.82, 2.24) is 9.97 Å². The number of esters is 1. The van der Waals surface area contributed by atoms with E-state index >= 15 is 0 Å². The summed E-state index contributed by atoms with van der Waals surface area (Å²) in [5.41, 5.74) is 4.37. The van der Waals surface area contributed by atoms with E-state index in [2.05, 4.69) is 36.0 Å². The standard InChI is InChI=1S/C21H19N7O2/c1-2-30-21(29)18-12-22-13-24-19(18)23-11-14-7-9-15(10-8-14)16-5-3-4-6-17(16)20-25-27-28-26-20/h3-10,12-13,20H,2,11H2,1H3,(H,22,23,24). The molecule has 30 heavy (non-hydrogen) atoms. The molecule has 1 N–H and O–H groups in total. The van der Waals surface area contributed by atoms with Gasteiger partial charge in [-0.05, 0) is 34.1 Å². The molecule has 0 atom stereocenters. The van der Waals surface area contributed by atoms with Crippen LogP contribution in [0.5, 0.6) is 0 Å². The second-order valence-corrected chi connectivity index (χ2v) is 6.43. The molecule has 0 aliphatic carbocycles. The molecule has 0 saturated heterocycles. The van der Waals surface area contributed by atoms with Gasteiger partial charge in [-0.2, -0.15) is 0 Å². The highest BCUT2D eigenvalue weighted by atomic mass is 16.5. The number of nitrogens with zero attached hydrogens (tertiary/aromatic N) is 6. The van der Waals surface area contributed by atoms with Crippen LogP contribution in [-0.2, 0) is 11.3 Å². The van der Waals surface area contributed by atoms with Gasteiger partial charge in [0.1, 0.15) is 17.7 Å². The van der Waals surface area contributed by atoms with Crippen molar-refractivity contribution in [2.24, 2.45) is 20.7 Å². The number of benzene rings is 2. The monoisotopic (exact) mass is 401 g/mol. The van der Waals surface area contributed by atoms with Gasteiger partial charge >= 0.3 is 5.97 Å². The number of ether oxygens (including phenoxy) is 1. The third-order valence-corrected chi connectivity index (χ3v) is 4.53. The van der Waals surface area contributed by atoms with Crippen LogP contribution in [0.2, 0.25) is 0 Å². The van der Waals surface area contributed by atoms with Crippen LogP contribution < -0.4 is 5.32 Å². The number of nitrogens with one attached hydrogen (secondary N) is 1. The van der Waals surface area contributed by atoms with E-state index in [9.17, 15) is 4.79 Å². The molecule has 2 aromatic carbocycles.